The van der Waals surface area contributed by atoms with Gasteiger partial charge < -0.3 is 14.7 Å². The lowest BCUT2D eigenvalue weighted by molar-refractivity contribution is 0.0717. The number of nitrogens with zero attached hydrogens (tertiary/aromatic N) is 6. The number of hydrogen-bond donors (Lipinski definition) is 0. The first-order chi connectivity index (χ1) is 17.7. The summed E-state index contributed by atoms with van der Waals surface area (Å²) < 4.78 is 0. The van der Waals surface area contributed by atoms with Gasteiger partial charge >= 0.3 is 0 Å². The van der Waals surface area contributed by atoms with Crippen LogP contribution in [0.3, 0.4) is 0 Å². The molecule has 8 heteroatoms. The number of fused-ring (bicyclic) bond motifs is 1. The molecule has 2 saturated heterocycles. The summed E-state index contributed by atoms with van der Waals surface area (Å²) >= 11 is 1.53. The smallest absolute Gasteiger partial charge is 0.263 e. The van der Waals surface area contributed by atoms with E-state index in [0.29, 0.717) is 0 Å². The number of piperazine rings is 1. The minimum absolute atomic E-state index is 0.128. The van der Waals surface area contributed by atoms with Gasteiger partial charge in [-0.25, -0.2) is 9.97 Å². The molecule has 6 rings (SSSR count). The summed E-state index contributed by atoms with van der Waals surface area (Å²) in [5.74, 6) is 0.410. The first-order valence-corrected chi connectivity index (χ1v) is 13.5. The molecule has 7 nitrogen and oxygen atoms in total. The van der Waals surface area contributed by atoms with E-state index in [9.17, 15) is 4.79 Å². The van der Waals surface area contributed by atoms with Crippen molar-refractivity contribution in [2.45, 2.75) is 18.8 Å². The molecule has 1 aromatic carbocycles. The van der Waals surface area contributed by atoms with Crippen LogP contribution < -0.4 is 4.90 Å². The zero-order valence-electron chi connectivity index (χ0n) is 20.5. The number of hydrogen-bond acceptors (Lipinski definition) is 7. The maximum atomic E-state index is 13.2. The highest BCUT2D eigenvalue weighted by Gasteiger charge is 2.28. The topological polar surface area (TPSA) is 65.5 Å². The number of benzene rings is 1. The summed E-state index contributed by atoms with van der Waals surface area (Å²) in [6, 6.07) is 14.4. The lowest BCUT2D eigenvalue weighted by atomic mass is 9.92. The maximum absolute atomic E-state index is 13.2. The van der Waals surface area contributed by atoms with Crippen LogP contribution in [0.15, 0.2) is 60.4 Å². The largest absolute Gasteiger partial charge is 0.368 e. The zero-order chi connectivity index (χ0) is 24.5. The van der Waals surface area contributed by atoms with Gasteiger partial charge in [-0.05, 0) is 48.5 Å². The van der Waals surface area contributed by atoms with Gasteiger partial charge in [0.15, 0.2) is 0 Å². The van der Waals surface area contributed by atoms with E-state index in [0.717, 1.165) is 90.5 Å². The van der Waals surface area contributed by atoms with Crippen molar-refractivity contribution in [3.8, 4) is 11.1 Å². The van der Waals surface area contributed by atoms with Crippen LogP contribution in [0.5, 0.6) is 0 Å². The lowest BCUT2D eigenvalue weighted by Crippen LogP contribution is -2.44. The number of anilines is 1. The number of amides is 1. The normalized spacial score (nSPS) is 17.6. The van der Waals surface area contributed by atoms with Gasteiger partial charge in [0.2, 0.25) is 0 Å². The molecule has 184 valence electrons. The van der Waals surface area contributed by atoms with Crippen LogP contribution in [0.25, 0.3) is 22.2 Å². The van der Waals surface area contributed by atoms with Crippen LogP contribution in [0, 0.1) is 0 Å². The summed E-state index contributed by atoms with van der Waals surface area (Å²) in [7, 11) is 2.16. The standard InChI is InChI=1S/C28H30N6OS/c1-32-11-13-33(14-12-32)23-16-24-27(29-17-23)26(31-19-30-24)21-7-9-34(10-8-21)28(35)25-15-22(18-36-25)20-5-3-2-4-6-20/h2-6,15-19,21H,7-14H2,1H3. The summed E-state index contributed by atoms with van der Waals surface area (Å²) in [4.78, 5) is 34.7. The number of aromatic nitrogens is 3. The molecule has 1 amide bonds. The van der Waals surface area contributed by atoms with E-state index >= 15 is 0 Å². The Morgan fingerprint density at radius 2 is 1.69 bits per heavy atom. The van der Waals surface area contributed by atoms with Crippen LogP contribution in [0.4, 0.5) is 5.69 Å². The Balaban J connectivity index is 1.14. The van der Waals surface area contributed by atoms with E-state index in [1.807, 2.05) is 35.4 Å². The van der Waals surface area contributed by atoms with Gasteiger partial charge in [0.1, 0.15) is 11.8 Å². The number of carbonyl (C=O) groups excluding carboxylic acids is 1. The van der Waals surface area contributed by atoms with E-state index in [1.165, 1.54) is 11.3 Å². The Bertz CT molecular complexity index is 1360. The second kappa shape index (κ2) is 9.95. The van der Waals surface area contributed by atoms with Crippen molar-refractivity contribution in [2.75, 3.05) is 51.2 Å². The number of likely N-dealkylation sites (tertiary alicyclic amines) is 1. The molecule has 36 heavy (non-hydrogen) atoms. The van der Waals surface area contributed by atoms with E-state index in [1.54, 1.807) is 6.33 Å². The second-order valence-corrected chi connectivity index (χ2v) is 10.7. The van der Waals surface area contributed by atoms with Gasteiger partial charge in [-0.1, -0.05) is 30.3 Å². The molecule has 4 aromatic rings. The van der Waals surface area contributed by atoms with Crippen LogP contribution in [-0.4, -0.2) is 77.0 Å². The van der Waals surface area contributed by atoms with E-state index in [4.69, 9.17) is 4.98 Å². The summed E-state index contributed by atoms with van der Waals surface area (Å²) in [5.41, 5.74) is 6.19. The van der Waals surface area contributed by atoms with Crippen LogP contribution in [0.1, 0.15) is 34.1 Å². The Morgan fingerprint density at radius 1 is 0.917 bits per heavy atom. The van der Waals surface area contributed by atoms with Gasteiger partial charge in [0.25, 0.3) is 5.91 Å². The molecule has 0 atom stereocenters. The fraction of sp³-hybridized carbons (Fsp3) is 0.357. The predicted octanol–water partition coefficient (Wildman–Crippen LogP) is 4.52. The minimum Gasteiger partial charge on any atom is -0.368 e. The molecule has 0 aliphatic carbocycles. The Hall–Kier alpha value is -3.36. The number of pyridine rings is 1. The molecule has 0 unspecified atom stereocenters. The van der Waals surface area contributed by atoms with Crippen molar-refractivity contribution in [3.63, 3.8) is 0 Å². The summed E-state index contributed by atoms with van der Waals surface area (Å²) in [5, 5.41) is 2.07. The Labute approximate surface area is 215 Å². The maximum Gasteiger partial charge on any atom is 0.263 e. The molecular formula is C28H30N6OS. The third-order valence-electron chi connectivity index (χ3n) is 7.44. The number of thiophene rings is 1. The molecule has 5 heterocycles. The van der Waals surface area contributed by atoms with Crippen LogP contribution >= 0.6 is 11.3 Å². The van der Waals surface area contributed by atoms with E-state index < -0.39 is 0 Å². The number of carbonyl (C=O) groups is 1. The van der Waals surface area contributed by atoms with E-state index in [-0.39, 0.29) is 11.8 Å². The molecule has 0 radical (unpaired) electrons. The highest BCUT2D eigenvalue weighted by Crippen LogP contribution is 2.33. The molecule has 3 aromatic heterocycles. The van der Waals surface area contributed by atoms with Gasteiger partial charge in [0.05, 0.1) is 28.0 Å². The molecule has 0 N–H and O–H groups in total. The Morgan fingerprint density at radius 3 is 2.47 bits per heavy atom. The third-order valence-corrected chi connectivity index (χ3v) is 8.36. The average Bonchev–Trinajstić information content (AvgIpc) is 3.44. The summed E-state index contributed by atoms with van der Waals surface area (Å²) in [6.07, 6.45) is 5.41. The molecule has 0 spiro atoms. The molecule has 2 aliphatic rings. The monoisotopic (exact) mass is 498 g/mol. The van der Waals surface area contributed by atoms with Gasteiger partial charge in [-0.3, -0.25) is 9.78 Å². The highest BCUT2D eigenvalue weighted by molar-refractivity contribution is 7.12. The quantitative estimate of drug-likeness (QED) is 0.412. The highest BCUT2D eigenvalue weighted by atomic mass is 32.1. The van der Waals surface area contributed by atoms with Crippen molar-refractivity contribution in [2.24, 2.45) is 0 Å². The fourth-order valence-electron chi connectivity index (χ4n) is 5.23. The van der Waals surface area contributed by atoms with E-state index in [2.05, 4.69) is 50.4 Å². The van der Waals surface area contributed by atoms with Crippen molar-refractivity contribution in [3.05, 3.63) is 70.9 Å². The molecule has 0 saturated carbocycles. The minimum atomic E-state index is 0.128. The predicted molar refractivity (Wildman–Crippen MR) is 145 cm³/mol. The Kier molecular flexibility index (Phi) is 6.37. The second-order valence-electron chi connectivity index (χ2n) is 9.74. The molecule has 2 fully saturated rings. The number of likely N-dealkylation sites (N-methyl/N-ethyl adjacent to an activating group) is 1. The SMILES string of the molecule is CN1CCN(c2cnc3c(C4CCN(C(=O)c5cc(-c6ccccc6)cs5)CC4)ncnc3c2)CC1. The van der Waals surface area contributed by atoms with Crippen molar-refractivity contribution in [1.82, 2.24) is 24.8 Å². The first-order valence-electron chi connectivity index (χ1n) is 12.6. The molecule has 2 aliphatic heterocycles. The van der Waals surface area contributed by atoms with Gasteiger partial charge in [0, 0.05) is 45.2 Å². The van der Waals surface area contributed by atoms with Crippen molar-refractivity contribution < 1.29 is 4.79 Å². The number of piperidine rings is 1. The van der Waals surface area contributed by atoms with Gasteiger partial charge in [-0.2, -0.15) is 0 Å². The first kappa shape index (κ1) is 23.1. The van der Waals surface area contributed by atoms with Gasteiger partial charge in [-0.15, -0.1) is 11.3 Å². The lowest BCUT2D eigenvalue weighted by Gasteiger charge is -2.34. The fourth-order valence-corrected chi connectivity index (χ4v) is 6.11. The zero-order valence-corrected chi connectivity index (χ0v) is 21.3. The van der Waals surface area contributed by atoms with Crippen LogP contribution in [0.2, 0.25) is 0 Å². The van der Waals surface area contributed by atoms with Crippen molar-refractivity contribution >= 4 is 34.0 Å². The third kappa shape index (κ3) is 4.58. The van der Waals surface area contributed by atoms with Crippen molar-refractivity contribution in [1.29, 1.82) is 0 Å². The number of rotatable bonds is 4. The molecular weight excluding hydrogens is 468 g/mol. The summed E-state index contributed by atoms with van der Waals surface area (Å²) in [6.45, 7) is 5.59. The van der Waals surface area contributed by atoms with Crippen LogP contribution in [-0.2, 0) is 0 Å². The average molecular weight is 499 g/mol. The molecule has 0 bridgehead atoms.